The minimum absolute atomic E-state index is 0.125. The molecular weight excluding hydrogens is 344 g/mol. The lowest BCUT2D eigenvalue weighted by atomic mass is 10.2. The monoisotopic (exact) mass is 364 g/mol. The molecular formula is C21H20N2O4. The van der Waals surface area contributed by atoms with Crippen molar-refractivity contribution >= 4 is 23.6 Å². The number of nitrogens with one attached hydrogen (secondary N) is 1. The Morgan fingerprint density at radius 3 is 2.04 bits per heavy atom. The van der Waals surface area contributed by atoms with E-state index in [0.29, 0.717) is 30.3 Å². The van der Waals surface area contributed by atoms with E-state index in [0.717, 1.165) is 5.56 Å². The van der Waals surface area contributed by atoms with Gasteiger partial charge < -0.3 is 19.1 Å². The number of nitrogens with zero attached hydrogens (tertiary/aromatic N) is 1. The number of rotatable bonds is 7. The highest BCUT2D eigenvalue weighted by molar-refractivity contribution is 5.92. The average Bonchev–Trinajstić information content (AvgIpc) is 3.34. The summed E-state index contributed by atoms with van der Waals surface area (Å²) in [4.78, 5) is 25.4. The predicted octanol–water partition coefficient (Wildman–Crippen LogP) is 4.07. The van der Waals surface area contributed by atoms with E-state index in [-0.39, 0.29) is 11.8 Å². The summed E-state index contributed by atoms with van der Waals surface area (Å²) in [5, 5.41) is 2.71. The highest BCUT2D eigenvalue weighted by atomic mass is 16.3. The minimum Gasteiger partial charge on any atom is -0.467 e. The van der Waals surface area contributed by atoms with Gasteiger partial charge in [0.25, 0.3) is 0 Å². The Labute approximate surface area is 157 Å². The zero-order valence-electron chi connectivity index (χ0n) is 14.9. The first-order chi connectivity index (χ1) is 13.1. The van der Waals surface area contributed by atoms with Gasteiger partial charge in [0.1, 0.15) is 11.5 Å². The third-order valence-electron chi connectivity index (χ3n) is 3.81. The van der Waals surface area contributed by atoms with E-state index >= 15 is 0 Å². The van der Waals surface area contributed by atoms with Crippen LogP contribution in [0.4, 0.5) is 5.69 Å². The van der Waals surface area contributed by atoms with Gasteiger partial charge in [-0.1, -0.05) is 12.1 Å². The van der Waals surface area contributed by atoms with E-state index in [1.807, 2.05) is 24.3 Å². The maximum atomic E-state index is 12.7. The Hall–Kier alpha value is -3.54. The van der Waals surface area contributed by atoms with E-state index in [2.05, 4.69) is 5.32 Å². The van der Waals surface area contributed by atoms with Crippen molar-refractivity contribution in [1.29, 1.82) is 0 Å². The Kier molecular flexibility index (Phi) is 5.89. The molecule has 0 fully saturated rings. The van der Waals surface area contributed by atoms with E-state index in [1.54, 1.807) is 47.8 Å². The van der Waals surface area contributed by atoms with Gasteiger partial charge in [0.15, 0.2) is 0 Å². The van der Waals surface area contributed by atoms with Crippen LogP contribution in [0.1, 0.15) is 24.0 Å². The zero-order valence-corrected chi connectivity index (χ0v) is 14.9. The molecule has 3 rings (SSSR count). The molecule has 0 atom stereocenters. The second kappa shape index (κ2) is 8.71. The third-order valence-corrected chi connectivity index (χ3v) is 3.81. The molecule has 0 saturated carbocycles. The van der Waals surface area contributed by atoms with Gasteiger partial charge in [-0.2, -0.15) is 0 Å². The first-order valence-corrected chi connectivity index (χ1v) is 8.49. The number of benzene rings is 1. The summed E-state index contributed by atoms with van der Waals surface area (Å²) in [6.07, 6.45) is 6.41. The van der Waals surface area contributed by atoms with Crippen LogP contribution in [0.25, 0.3) is 6.08 Å². The van der Waals surface area contributed by atoms with Gasteiger partial charge in [-0.3, -0.25) is 9.59 Å². The molecule has 1 N–H and O–H groups in total. The first kappa shape index (κ1) is 18.3. The molecule has 6 nitrogen and oxygen atoms in total. The number of amides is 2. The van der Waals surface area contributed by atoms with E-state index in [9.17, 15) is 9.59 Å². The number of carbonyl (C=O) groups excluding carboxylic acids is 2. The van der Waals surface area contributed by atoms with Crippen LogP contribution in [-0.4, -0.2) is 16.7 Å². The highest BCUT2D eigenvalue weighted by Gasteiger charge is 2.15. The largest absolute Gasteiger partial charge is 0.467 e. The molecule has 27 heavy (non-hydrogen) atoms. The van der Waals surface area contributed by atoms with Gasteiger partial charge in [0.2, 0.25) is 11.8 Å². The van der Waals surface area contributed by atoms with Crippen LogP contribution in [0.15, 0.2) is 76.0 Å². The number of furan rings is 2. The van der Waals surface area contributed by atoms with Crippen LogP contribution >= 0.6 is 0 Å². The number of carbonyl (C=O) groups is 2. The standard InChI is InChI=1S/C21H20N2O4/c1-16(24)22-18-9-6-17(7-10-18)8-11-21(25)23(14-19-4-2-12-26-19)15-20-5-3-13-27-20/h2-13H,14-15H2,1H3,(H,22,24)/b11-8+. The normalized spacial score (nSPS) is 10.9. The van der Waals surface area contributed by atoms with Crippen LogP contribution in [0.2, 0.25) is 0 Å². The number of anilines is 1. The van der Waals surface area contributed by atoms with Gasteiger partial charge in [0.05, 0.1) is 25.6 Å². The maximum Gasteiger partial charge on any atom is 0.247 e. The van der Waals surface area contributed by atoms with Gasteiger partial charge >= 0.3 is 0 Å². The van der Waals surface area contributed by atoms with Crippen molar-refractivity contribution in [3.8, 4) is 0 Å². The maximum absolute atomic E-state index is 12.7. The third kappa shape index (κ3) is 5.47. The molecule has 3 aromatic rings. The molecule has 1 aromatic carbocycles. The molecule has 6 heteroatoms. The lowest BCUT2D eigenvalue weighted by Gasteiger charge is -2.18. The molecule has 0 unspecified atom stereocenters. The van der Waals surface area contributed by atoms with E-state index in [4.69, 9.17) is 8.83 Å². The van der Waals surface area contributed by atoms with Crippen LogP contribution in [0.5, 0.6) is 0 Å². The number of hydrogen-bond donors (Lipinski definition) is 1. The van der Waals surface area contributed by atoms with Crippen LogP contribution < -0.4 is 5.32 Å². The fraction of sp³-hybridized carbons (Fsp3) is 0.143. The van der Waals surface area contributed by atoms with Gasteiger partial charge in [-0.15, -0.1) is 0 Å². The molecule has 0 aliphatic rings. The molecule has 0 radical (unpaired) electrons. The topological polar surface area (TPSA) is 75.7 Å². The summed E-state index contributed by atoms with van der Waals surface area (Å²) >= 11 is 0. The predicted molar refractivity (Wildman–Crippen MR) is 101 cm³/mol. The smallest absolute Gasteiger partial charge is 0.247 e. The van der Waals surface area contributed by atoms with Crippen molar-refractivity contribution in [2.75, 3.05) is 5.32 Å². The van der Waals surface area contributed by atoms with Crippen molar-refractivity contribution in [3.05, 3.63) is 84.2 Å². The Balaban J connectivity index is 1.69. The zero-order chi connectivity index (χ0) is 19.1. The minimum atomic E-state index is -0.159. The van der Waals surface area contributed by atoms with Gasteiger partial charge in [0, 0.05) is 18.7 Å². The van der Waals surface area contributed by atoms with Crippen molar-refractivity contribution in [3.63, 3.8) is 0 Å². The summed E-state index contributed by atoms with van der Waals surface area (Å²) in [5.41, 5.74) is 1.57. The van der Waals surface area contributed by atoms with E-state index in [1.165, 1.54) is 13.0 Å². The van der Waals surface area contributed by atoms with Crippen molar-refractivity contribution < 1.29 is 18.4 Å². The fourth-order valence-electron chi connectivity index (χ4n) is 2.55. The quantitative estimate of drug-likeness (QED) is 0.641. The average molecular weight is 364 g/mol. The lowest BCUT2D eigenvalue weighted by molar-refractivity contribution is -0.127. The number of hydrogen-bond acceptors (Lipinski definition) is 4. The Morgan fingerprint density at radius 1 is 0.963 bits per heavy atom. The van der Waals surface area contributed by atoms with Crippen molar-refractivity contribution in [2.45, 2.75) is 20.0 Å². The Bertz CT molecular complexity index is 858. The fourth-order valence-corrected chi connectivity index (χ4v) is 2.55. The van der Waals surface area contributed by atoms with Crippen LogP contribution in [-0.2, 0) is 22.7 Å². The van der Waals surface area contributed by atoms with Gasteiger partial charge in [-0.25, -0.2) is 0 Å². The summed E-state index contributed by atoms with van der Waals surface area (Å²) in [5.74, 6) is 1.11. The second-order valence-electron chi connectivity index (χ2n) is 5.99. The molecule has 138 valence electrons. The molecule has 0 saturated heterocycles. The second-order valence-corrected chi connectivity index (χ2v) is 5.99. The Morgan fingerprint density at radius 2 is 1.56 bits per heavy atom. The summed E-state index contributed by atoms with van der Waals surface area (Å²) in [6, 6.07) is 14.5. The first-order valence-electron chi connectivity index (χ1n) is 8.49. The molecule has 2 heterocycles. The molecule has 2 amide bonds. The summed E-state index contributed by atoms with van der Waals surface area (Å²) in [6.45, 7) is 2.15. The molecule has 0 aliphatic heterocycles. The summed E-state index contributed by atoms with van der Waals surface area (Å²) < 4.78 is 10.7. The van der Waals surface area contributed by atoms with Crippen LogP contribution in [0.3, 0.4) is 0 Å². The summed E-state index contributed by atoms with van der Waals surface area (Å²) in [7, 11) is 0. The molecule has 0 spiro atoms. The van der Waals surface area contributed by atoms with Gasteiger partial charge in [-0.05, 0) is 48.0 Å². The van der Waals surface area contributed by atoms with Crippen molar-refractivity contribution in [2.24, 2.45) is 0 Å². The van der Waals surface area contributed by atoms with Crippen molar-refractivity contribution in [1.82, 2.24) is 4.90 Å². The van der Waals surface area contributed by atoms with Crippen LogP contribution in [0, 0.1) is 0 Å². The highest BCUT2D eigenvalue weighted by Crippen LogP contribution is 2.14. The molecule has 0 bridgehead atoms. The molecule has 0 aliphatic carbocycles. The SMILES string of the molecule is CC(=O)Nc1ccc(/C=C/C(=O)N(Cc2ccco2)Cc2ccco2)cc1. The lowest BCUT2D eigenvalue weighted by Crippen LogP contribution is -2.28. The van der Waals surface area contributed by atoms with E-state index < -0.39 is 0 Å². The molecule has 2 aromatic heterocycles.